The number of carbonyl (C=O) groups is 1. The van der Waals surface area contributed by atoms with Gasteiger partial charge in [-0.05, 0) is 37.0 Å². The lowest BCUT2D eigenvalue weighted by atomic mass is 10.1. The first kappa shape index (κ1) is 14.5. The zero-order valence-corrected chi connectivity index (χ0v) is 13.1. The third-order valence-corrected chi connectivity index (χ3v) is 4.65. The van der Waals surface area contributed by atoms with Crippen LogP contribution in [0.1, 0.15) is 24.3 Å². The summed E-state index contributed by atoms with van der Waals surface area (Å²) >= 11 is 0. The first-order chi connectivity index (χ1) is 11.3. The van der Waals surface area contributed by atoms with Crippen molar-refractivity contribution < 1.29 is 9.21 Å². The van der Waals surface area contributed by atoms with E-state index in [0.717, 1.165) is 31.1 Å². The van der Waals surface area contributed by atoms with Crippen molar-refractivity contribution in [2.24, 2.45) is 11.8 Å². The van der Waals surface area contributed by atoms with E-state index in [1.165, 1.54) is 12.8 Å². The van der Waals surface area contributed by atoms with Crippen molar-refractivity contribution in [2.75, 3.05) is 13.1 Å². The molecule has 2 aliphatic rings. The number of rotatable bonds is 5. The Morgan fingerprint density at radius 3 is 3.04 bits per heavy atom. The lowest BCUT2D eigenvalue weighted by molar-refractivity contribution is -0.126. The van der Waals surface area contributed by atoms with Gasteiger partial charge >= 0.3 is 0 Å². The zero-order valence-electron chi connectivity index (χ0n) is 13.1. The summed E-state index contributed by atoms with van der Waals surface area (Å²) in [5, 5.41) is 7.49. The average molecular weight is 314 g/mol. The molecule has 2 aromatic rings. The van der Waals surface area contributed by atoms with Gasteiger partial charge in [0.25, 0.3) is 0 Å². The monoisotopic (exact) mass is 314 g/mol. The SMILES string of the molecule is O=C(NCC1CC1)[C@H]1CN(Cc2ccco2)Cc2ccnn2C1. The Morgan fingerprint density at radius 1 is 1.35 bits per heavy atom. The molecule has 1 N–H and O–H groups in total. The van der Waals surface area contributed by atoms with Gasteiger partial charge < -0.3 is 9.73 Å². The summed E-state index contributed by atoms with van der Waals surface area (Å²) in [6.45, 7) is 3.69. The molecule has 0 saturated heterocycles. The maximum atomic E-state index is 12.6. The third-order valence-electron chi connectivity index (χ3n) is 4.65. The minimum absolute atomic E-state index is 0.0788. The van der Waals surface area contributed by atoms with Gasteiger partial charge in [-0.25, -0.2) is 0 Å². The van der Waals surface area contributed by atoms with Crippen LogP contribution in [-0.4, -0.2) is 33.7 Å². The fraction of sp³-hybridized carbons (Fsp3) is 0.529. The molecule has 1 amide bonds. The predicted octanol–water partition coefficient (Wildman–Crippen LogP) is 1.63. The van der Waals surface area contributed by atoms with Gasteiger partial charge in [0.15, 0.2) is 0 Å². The molecule has 2 aromatic heterocycles. The lowest BCUT2D eigenvalue weighted by Gasteiger charge is -2.22. The van der Waals surface area contributed by atoms with Crippen LogP contribution in [0.3, 0.4) is 0 Å². The number of amides is 1. The fourth-order valence-electron chi connectivity index (χ4n) is 3.15. The molecule has 4 rings (SSSR count). The Hall–Kier alpha value is -2.08. The molecular formula is C17H22N4O2. The van der Waals surface area contributed by atoms with Crippen molar-refractivity contribution in [1.29, 1.82) is 0 Å². The Morgan fingerprint density at radius 2 is 2.26 bits per heavy atom. The minimum Gasteiger partial charge on any atom is -0.468 e. The second-order valence-corrected chi connectivity index (χ2v) is 6.64. The van der Waals surface area contributed by atoms with Crippen LogP contribution in [0, 0.1) is 11.8 Å². The molecule has 0 spiro atoms. The quantitative estimate of drug-likeness (QED) is 0.911. The van der Waals surface area contributed by atoms with Crippen LogP contribution in [0.4, 0.5) is 0 Å². The number of fused-ring (bicyclic) bond motifs is 1. The minimum atomic E-state index is -0.0788. The van der Waals surface area contributed by atoms with E-state index in [1.807, 2.05) is 29.1 Å². The van der Waals surface area contributed by atoms with Crippen molar-refractivity contribution in [3.05, 3.63) is 42.1 Å². The van der Waals surface area contributed by atoms with Gasteiger partial charge in [0.2, 0.25) is 5.91 Å². The van der Waals surface area contributed by atoms with Crippen LogP contribution in [0.5, 0.6) is 0 Å². The number of hydrogen-bond donors (Lipinski definition) is 1. The van der Waals surface area contributed by atoms with E-state index in [-0.39, 0.29) is 11.8 Å². The molecule has 23 heavy (non-hydrogen) atoms. The highest BCUT2D eigenvalue weighted by atomic mass is 16.3. The normalized spacial score (nSPS) is 21.7. The summed E-state index contributed by atoms with van der Waals surface area (Å²) in [7, 11) is 0. The maximum Gasteiger partial charge on any atom is 0.226 e. The molecule has 0 radical (unpaired) electrons. The van der Waals surface area contributed by atoms with Crippen LogP contribution < -0.4 is 5.32 Å². The lowest BCUT2D eigenvalue weighted by Crippen LogP contribution is -2.39. The Kier molecular flexibility index (Phi) is 3.91. The number of furan rings is 1. The summed E-state index contributed by atoms with van der Waals surface area (Å²) < 4.78 is 7.43. The van der Waals surface area contributed by atoms with E-state index in [9.17, 15) is 4.79 Å². The molecule has 0 bridgehead atoms. The zero-order chi connectivity index (χ0) is 15.6. The van der Waals surface area contributed by atoms with Gasteiger partial charge in [-0.2, -0.15) is 5.10 Å². The van der Waals surface area contributed by atoms with Crippen molar-refractivity contribution in [3.63, 3.8) is 0 Å². The molecule has 122 valence electrons. The molecule has 1 aliphatic carbocycles. The van der Waals surface area contributed by atoms with Crippen LogP contribution in [0.15, 0.2) is 35.1 Å². The summed E-state index contributed by atoms with van der Waals surface area (Å²) in [5.74, 6) is 1.69. The first-order valence-corrected chi connectivity index (χ1v) is 8.31. The van der Waals surface area contributed by atoms with E-state index >= 15 is 0 Å². The molecule has 1 atom stereocenters. The maximum absolute atomic E-state index is 12.6. The van der Waals surface area contributed by atoms with Gasteiger partial charge in [0.05, 0.1) is 31.0 Å². The fourth-order valence-corrected chi connectivity index (χ4v) is 3.15. The Balaban J connectivity index is 1.47. The third kappa shape index (κ3) is 3.47. The number of carbonyl (C=O) groups excluding carboxylic acids is 1. The molecule has 1 aliphatic heterocycles. The Labute approximate surface area is 135 Å². The predicted molar refractivity (Wildman–Crippen MR) is 84.3 cm³/mol. The Bertz CT molecular complexity index is 660. The molecule has 6 nitrogen and oxygen atoms in total. The second kappa shape index (κ2) is 6.20. The van der Waals surface area contributed by atoms with E-state index in [0.29, 0.717) is 19.0 Å². The standard InChI is InChI=1S/C17H22N4O2/c22-17(18-8-13-3-4-13)14-9-20(12-16-2-1-7-23-16)11-15-5-6-19-21(15)10-14/h1-2,5-7,13-14H,3-4,8-12H2,(H,18,22)/t14-/m0/s1. The molecule has 0 aromatic carbocycles. The van der Waals surface area contributed by atoms with E-state index in [1.54, 1.807) is 6.26 Å². The van der Waals surface area contributed by atoms with E-state index in [4.69, 9.17) is 4.42 Å². The summed E-state index contributed by atoms with van der Waals surface area (Å²) in [6.07, 6.45) is 6.00. The number of aromatic nitrogens is 2. The topological polar surface area (TPSA) is 63.3 Å². The number of nitrogens with one attached hydrogen (secondary N) is 1. The van der Waals surface area contributed by atoms with Crippen molar-refractivity contribution >= 4 is 5.91 Å². The van der Waals surface area contributed by atoms with Gasteiger partial charge in [0, 0.05) is 25.8 Å². The molecule has 1 fully saturated rings. The van der Waals surface area contributed by atoms with Crippen LogP contribution in [0.2, 0.25) is 0 Å². The van der Waals surface area contributed by atoms with Crippen molar-refractivity contribution in [3.8, 4) is 0 Å². The van der Waals surface area contributed by atoms with Crippen LogP contribution in [-0.2, 0) is 24.4 Å². The smallest absolute Gasteiger partial charge is 0.226 e. The van der Waals surface area contributed by atoms with Crippen molar-refractivity contribution in [1.82, 2.24) is 20.0 Å². The highest BCUT2D eigenvalue weighted by Gasteiger charge is 2.29. The highest BCUT2D eigenvalue weighted by molar-refractivity contribution is 5.78. The summed E-state index contributed by atoms with van der Waals surface area (Å²) in [6, 6.07) is 5.90. The average Bonchev–Trinajstić information content (AvgIpc) is 3.12. The number of nitrogens with zero attached hydrogens (tertiary/aromatic N) is 3. The molecule has 1 saturated carbocycles. The summed E-state index contributed by atoms with van der Waals surface area (Å²) in [4.78, 5) is 14.8. The summed E-state index contributed by atoms with van der Waals surface area (Å²) in [5.41, 5.74) is 1.15. The largest absolute Gasteiger partial charge is 0.468 e. The van der Waals surface area contributed by atoms with Crippen LogP contribution >= 0.6 is 0 Å². The van der Waals surface area contributed by atoms with Gasteiger partial charge in [-0.1, -0.05) is 0 Å². The first-order valence-electron chi connectivity index (χ1n) is 8.31. The van der Waals surface area contributed by atoms with Gasteiger partial charge in [-0.3, -0.25) is 14.4 Å². The van der Waals surface area contributed by atoms with E-state index in [2.05, 4.69) is 15.3 Å². The molecular weight excluding hydrogens is 292 g/mol. The van der Waals surface area contributed by atoms with Gasteiger partial charge in [0.1, 0.15) is 5.76 Å². The number of hydrogen-bond acceptors (Lipinski definition) is 4. The molecule has 6 heteroatoms. The van der Waals surface area contributed by atoms with Crippen molar-refractivity contribution in [2.45, 2.75) is 32.5 Å². The van der Waals surface area contributed by atoms with Crippen LogP contribution in [0.25, 0.3) is 0 Å². The molecule has 3 heterocycles. The molecule has 0 unspecified atom stereocenters. The van der Waals surface area contributed by atoms with E-state index < -0.39 is 0 Å². The second-order valence-electron chi connectivity index (χ2n) is 6.64. The highest BCUT2D eigenvalue weighted by Crippen LogP contribution is 2.27. The van der Waals surface area contributed by atoms with Gasteiger partial charge in [-0.15, -0.1) is 0 Å².